The smallest absolute Gasteiger partial charge is 0.294 e. The van der Waals surface area contributed by atoms with Crippen LogP contribution in [0.4, 0.5) is 4.79 Å². The summed E-state index contributed by atoms with van der Waals surface area (Å²) in [6.07, 6.45) is 2.42. The normalized spacial score (nSPS) is 19.0. The largest absolute Gasteiger partial charge is 0.486 e. The van der Waals surface area contributed by atoms with Gasteiger partial charge < -0.3 is 14.4 Å². The van der Waals surface area contributed by atoms with Crippen molar-refractivity contribution in [2.45, 2.75) is 13.0 Å². The molecule has 5 rings (SSSR count). The van der Waals surface area contributed by atoms with Crippen molar-refractivity contribution in [1.29, 1.82) is 0 Å². The van der Waals surface area contributed by atoms with Gasteiger partial charge in [-0.2, -0.15) is 0 Å². The van der Waals surface area contributed by atoms with Crippen molar-refractivity contribution in [2.24, 2.45) is 0 Å². The second-order valence-electron chi connectivity index (χ2n) is 7.50. The summed E-state index contributed by atoms with van der Waals surface area (Å²) < 4.78 is 11.1. The molecule has 31 heavy (non-hydrogen) atoms. The highest BCUT2D eigenvalue weighted by Crippen LogP contribution is 2.35. The van der Waals surface area contributed by atoms with Gasteiger partial charge in [0.1, 0.15) is 19.8 Å². The molecule has 3 heterocycles. The van der Waals surface area contributed by atoms with Crippen molar-refractivity contribution < 1.29 is 23.9 Å². The molecule has 0 aromatic heterocycles. The van der Waals surface area contributed by atoms with E-state index in [0.29, 0.717) is 42.7 Å². The number of amides is 3. The van der Waals surface area contributed by atoms with Crippen molar-refractivity contribution >= 4 is 34.9 Å². The fraction of sp³-hybridized carbons (Fsp3) is 0.261. The monoisotopic (exact) mass is 436 g/mol. The molecule has 158 valence electrons. The van der Waals surface area contributed by atoms with Crippen LogP contribution in [0.15, 0.2) is 47.4 Å². The lowest BCUT2D eigenvalue weighted by Gasteiger charge is -2.29. The van der Waals surface area contributed by atoms with Crippen LogP contribution in [0.2, 0.25) is 0 Å². The highest BCUT2D eigenvalue weighted by Gasteiger charge is 2.37. The summed E-state index contributed by atoms with van der Waals surface area (Å²) in [6, 6.07) is 13.4. The zero-order valence-corrected chi connectivity index (χ0v) is 17.5. The summed E-state index contributed by atoms with van der Waals surface area (Å²) in [4.78, 5) is 41.1. The molecule has 0 radical (unpaired) electrons. The second-order valence-corrected chi connectivity index (χ2v) is 8.50. The third-order valence-corrected chi connectivity index (χ3v) is 6.42. The number of benzene rings is 2. The minimum atomic E-state index is -0.448. The zero-order valence-electron chi connectivity index (χ0n) is 16.7. The molecule has 2 aromatic carbocycles. The lowest BCUT2D eigenvalue weighted by Crippen LogP contribution is -2.44. The van der Waals surface area contributed by atoms with Gasteiger partial charge in [0, 0.05) is 13.1 Å². The Kier molecular flexibility index (Phi) is 5.15. The molecular formula is C23H20N2O5S. The van der Waals surface area contributed by atoms with Crippen molar-refractivity contribution in [3.05, 3.63) is 64.1 Å². The molecule has 0 N–H and O–H groups in total. The lowest BCUT2D eigenvalue weighted by atomic mass is 10.00. The van der Waals surface area contributed by atoms with Crippen molar-refractivity contribution in [2.75, 3.05) is 26.3 Å². The number of nitrogens with zero attached hydrogens (tertiary/aromatic N) is 2. The van der Waals surface area contributed by atoms with E-state index >= 15 is 0 Å². The summed E-state index contributed by atoms with van der Waals surface area (Å²) in [5.74, 6) is 0.595. The highest BCUT2D eigenvalue weighted by molar-refractivity contribution is 8.18. The van der Waals surface area contributed by atoms with Gasteiger partial charge in [-0.1, -0.05) is 30.3 Å². The van der Waals surface area contributed by atoms with Crippen LogP contribution in [-0.4, -0.2) is 53.2 Å². The number of ether oxygens (including phenoxy) is 2. The van der Waals surface area contributed by atoms with Gasteiger partial charge in [-0.3, -0.25) is 19.3 Å². The van der Waals surface area contributed by atoms with Gasteiger partial charge in [0.05, 0.1) is 4.91 Å². The average Bonchev–Trinajstić information content (AvgIpc) is 3.06. The van der Waals surface area contributed by atoms with Crippen LogP contribution < -0.4 is 9.47 Å². The molecule has 1 fully saturated rings. The number of carbonyl (C=O) groups excluding carboxylic acids is 3. The standard InChI is InChI=1S/C23H20N2O5S/c26-21(24-8-7-16-3-1-2-4-17(16)13-24)14-25-22(27)20(31-23(25)28)12-15-5-6-18-19(11-15)30-10-9-29-18/h1-6,11-12H,7-10,13-14H2/b20-12-. The van der Waals surface area contributed by atoms with Crippen LogP contribution in [0.5, 0.6) is 11.5 Å². The lowest BCUT2D eigenvalue weighted by molar-refractivity contribution is -0.136. The maximum atomic E-state index is 12.8. The molecular weight excluding hydrogens is 416 g/mol. The van der Waals surface area contributed by atoms with E-state index in [1.54, 1.807) is 29.2 Å². The molecule has 8 heteroatoms. The highest BCUT2D eigenvalue weighted by atomic mass is 32.2. The molecule has 3 amide bonds. The molecule has 0 saturated carbocycles. The first-order valence-corrected chi connectivity index (χ1v) is 10.9. The summed E-state index contributed by atoms with van der Waals surface area (Å²) in [7, 11) is 0. The fourth-order valence-corrected chi connectivity index (χ4v) is 4.72. The number of imide groups is 1. The predicted octanol–water partition coefficient (Wildman–Crippen LogP) is 3.08. The van der Waals surface area contributed by atoms with E-state index in [2.05, 4.69) is 6.07 Å². The number of carbonyl (C=O) groups is 3. The molecule has 3 aliphatic heterocycles. The summed E-state index contributed by atoms with van der Waals surface area (Å²) in [6.45, 7) is 1.81. The van der Waals surface area contributed by atoms with Crippen LogP contribution in [0.3, 0.4) is 0 Å². The summed E-state index contributed by atoms with van der Waals surface area (Å²) in [5.41, 5.74) is 3.07. The van der Waals surface area contributed by atoms with Gasteiger partial charge in [0.25, 0.3) is 11.1 Å². The molecule has 0 unspecified atom stereocenters. The molecule has 1 saturated heterocycles. The first-order chi connectivity index (χ1) is 15.1. The topological polar surface area (TPSA) is 76.1 Å². The Morgan fingerprint density at radius 3 is 2.65 bits per heavy atom. The van der Waals surface area contributed by atoms with Crippen molar-refractivity contribution in [3.8, 4) is 11.5 Å². The van der Waals surface area contributed by atoms with E-state index in [9.17, 15) is 14.4 Å². The molecule has 0 bridgehead atoms. The molecule has 2 aromatic rings. The van der Waals surface area contributed by atoms with E-state index in [1.165, 1.54) is 5.56 Å². The minimum Gasteiger partial charge on any atom is -0.486 e. The molecule has 0 aliphatic carbocycles. The third-order valence-electron chi connectivity index (χ3n) is 5.51. The second kappa shape index (κ2) is 8.11. The van der Waals surface area contributed by atoms with E-state index < -0.39 is 11.1 Å². The van der Waals surface area contributed by atoms with Gasteiger partial charge in [0.15, 0.2) is 11.5 Å². The van der Waals surface area contributed by atoms with Crippen LogP contribution in [-0.2, 0) is 22.6 Å². The Bertz CT molecular complexity index is 1110. The Morgan fingerprint density at radius 2 is 1.81 bits per heavy atom. The molecule has 3 aliphatic rings. The molecule has 0 atom stereocenters. The maximum absolute atomic E-state index is 12.8. The Morgan fingerprint density at radius 1 is 1.03 bits per heavy atom. The number of thioether (sulfide) groups is 1. The Labute approximate surface area is 183 Å². The quantitative estimate of drug-likeness (QED) is 0.689. The molecule has 7 nitrogen and oxygen atoms in total. The zero-order chi connectivity index (χ0) is 21.4. The Balaban J connectivity index is 1.28. The number of hydrogen-bond acceptors (Lipinski definition) is 6. The Hall–Kier alpha value is -3.26. The van der Waals surface area contributed by atoms with E-state index in [1.807, 2.05) is 18.2 Å². The van der Waals surface area contributed by atoms with E-state index in [-0.39, 0.29) is 12.5 Å². The predicted molar refractivity (Wildman–Crippen MR) is 116 cm³/mol. The van der Waals surface area contributed by atoms with Crippen LogP contribution in [0.25, 0.3) is 6.08 Å². The van der Waals surface area contributed by atoms with Crippen LogP contribution >= 0.6 is 11.8 Å². The van der Waals surface area contributed by atoms with Gasteiger partial charge >= 0.3 is 0 Å². The van der Waals surface area contributed by atoms with Crippen molar-refractivity contribution in [1.82, 2.24) is 9.80 Å². The van der Waals surface area contributed by atoms with Gasteiger partial charge in [0.2, 0.25) is 5.91 Å². The molecule has 0 spiro atoms. The number of hydrogen-bond donors (Lipinski definition) is 0. The van der Waals surface area contributed by atoms with Gasteiger partial charge in [-0.15, -0.1) is 0 Å². The minimum absolute atomic E-state index is 0.225. The summed E-state index contributed by atoms with van der Waals surface area (Å²) >= 11 is 0.847. The number of fused-ring (bicyclic) bond motifs is 2. The van der Waals surface area contributed by atoms with Crippen LogP contribution in [0, 0.1) is 0 Å². The van der Waals surface area contributed by atoms with Gasteiger partial charge in [-0.25, -0.2) is 0 Å². The van der Waals surface area contributed by atoms with E-state index in [4.69, 9.17) is 9.47 Å². The van der Waals surface area contributed by atoms with E-state index in [0.717, 1.165) is 34.2 Å². The van der Waals surface area contributed by atoms with Crippen LogP contribution in [0.1, 0.15) is 16.7 Å². The van der Waals surface area contributed by atoms with Crippen molar-refractivity contribution in [3.63, 3.8) is 0 Å². The first kappa shape index (κ1) is 19.7. The number of rotatable bonds is 3. The SMILES string of the molecule is O=C(CN1C(=O)S/C(=C\c2ccc3c(c2)OCCO3)C1=O)N1CCc2ccccc2C1. The van der Waals surface area contributed by atoms with Gasteiger partial charge in [-0.05, 0) is 53.1 Å². The fourth-order valence-electron chi connectivity index (χ4n) is 3.88. The third kappa shape index (κ3) is 3.90. The maximum Gasteiger partial charge on any atom is 0.294 e. The average molecular weight is 436 g/mol. The first-order valence-electron chi connectivity index (χ1n) is 10.1. The summed E-state index contributed by atoms with van der Waals surface area (Å²) in [5, 5.41) is -0.431.